The molecular weight excluding hydrogens is 385 g/mol. The van der Waals surface area contributed by atoms with E-state index in [0.29, 0.717) is 11.4 Å². The number of thioether (sulfide) groups is 1. The number of carbonyl (C=O) groups excluding carboxylic acids is 1. The molecule has 0 saturated carbocycles. The van der Waals surface area contributed by atoms with Crippen LogP contribution in [0.2, 0.25) is 0 Å². The van der Waals surface area contributed by atoms with Gasteiger partial charge in [-0.3, -0.25) is 9.48 Å². The highest BCUT2D eigenvalue weighted by molar-refractivity contribution is 7.99. The molecule has 148 valence electrons. The Hall–Kier alpha value is -2.88. The number of halogens is 1. The van der Waals surface area contributed by atoms with Crippen LogP contribution in [0.5, 0.6) is 5.75 Å². The van der Waals surface area contributed by atoms with Crippen LogP contribution < -0.4 is 10.1 Å². The minimum Gasteiger partial charge on any atom is -0.481 e. The quantitative estimate of drug-likeness (QED) is 0.602. The van der Waals surface area contributed by atoms with Gasteiger partial charge < -0.3 is 14.5 Å². The highest BCUT2D eigenvalue weighted by Gasteiger charge is 2.18. The van der Waals surface area contributed by atoms with Crippen molar-refractivity contribution < 1.29 is 18.3 Å². The van der Waals surface area contributed by atoms with Gasteiger partial charge in [-0.1, -0.05) is 11.8 Å². The zero-order valence-electron chi connectivity index (χ0n) is 15.9. The maximum atomic E-state index is 12.9. The first-order valence-corrected chi connectivity index (χ1v) is 9.50. The van der Waals surface area contributed by atoms with Gasteiger partial charge in [0.15, 0.2) is 6.10 Å². The molecular formula is C18H20FN5O3S. The van der Waals surface area contributed by atoms with E-state index in [9.17, 15) is 9.18 Å². The van der Waals surface area contributed by atoms with E-state index in [2.05, 4.69) is 20.6 Å². The minimum atomic E-state index is -0.512. The number of hydrogen-bond acceptors (Lipinski definition) is 7. The third-order valence-electron chi connectivity index (χ3n) is 4.00. The molecule has 1 atom stereocenters. The second-order valence-electron chi connectivity index (χ2n) is 6.13. The summed E-state index contributed by atoms with van der Waals surface area (Å²) in [4.78, 5) is 12.2. The fourth-order valence-electron chi connectivity index (χ4n) is 2.47. The average Bonchev–Trinajstić information content (AvgIpc) is 3.23. The van der Waals surface area contributed by atoms with Gasteiger partial charge >= 0.3 is 0 Å². The lowest BCUT2D eigenvalue weighted by Gasteiger charge is -2.10. The van der Waals surface area contributed by atoms with Crippen LogP contribution in [0.25, 0.3) is 0 Å². The second kappa shape index (κ2) is 8.42. The third kappa shape index (κ3) is 4.69. The standard InChI is InChI=1S/C18H20FN5O3S/c1-10-16(11(2)24(4)23-10)20-15(25)9-28-18-22-21-17(27-18)12(3)26-14-7-5-13(19)6-8-14/h5-8,12H,9H2,1-4H3,(H,20,25)/t12-/m1/s1. The van der Waals surface area contributed by atoms with Gasteiger partial charge in [0, 0.05) is 7.05 Å². The predicted molar refractivity (Wildman–Crippen MR) is 102 cm³/mol. The maximum Gasteiger partial charge on any atom is 0.277 e. The molecule has 0 spiro atoms. The SMILES string of the molecule is Cc1nn(C)c(C)c1NC(=O)CSc1nnc([C@@H](C)Oc2ccc(F)cc2)o1. The lowest BCUT2D eigenvalue weighted by molar-refractivity contribution is -0.113. The molecule has 10 heteroatoms. The Labute approximate surface area is 165 Å². The van der Waals surface area contributed by atoms with Crippen LogP contribution in [0, 0.1) is 19.7 Å². The summed E-state index contributed by atoms with van der Waals surface area (Å²) in [5.41, 5.74) is 2.34. The lowest BCUT2D eigenvalue weighted by atomic mass is 10.3. The topological polar surface area (TPSA) is 95.1 Å². The Morgan fingerprint density at radius 1 is 1.32 bits per heavy atom. The van der Waals surface area contributed by atoms with E-state index in [1.165, 1.54) is 24.3 Å². The lowest BCUT2D eigenvalue weighted by Crippen LogP contribution is -2.15. The summed E-state index contributed by atoms with van der Waals surface area (Å²) in [6, 6.07) is 5.65. The van der Waals surface area contributed by atoms with Crippen molar-refractivity contribution >= 4 is 23.4 Å². The number of rotatable bonds is 7. The molecule has 1 aromatic carbocycles. The first-order valence-electron chi connectivity index (χ1n) is 8.52. The Morgan fingerprint density at radius 3 is 2.68 bits per heavy atom. The average molecular weight is 405 g/mol. The number of anilines is 1. The van der Waals surface area contributed by atoms with E-state index >= 15 is 0 Å². The molecule has 2 aromatic heterocycles. The first-order chi connectivity index (χ1) is 13.3. The molecule has 0 bridgehead atoms. The van der Waals surface area contributed by atoms with Crippen molar-refractivity contribution in [3.63, 3.8) is 0 Å². The van der Waals surface area contributed by atoms with Crippen LogP contribution in [0.1, 0.15) is 30.3 Å². The summed E-state index contributed by atoms with van der Waals surface area (Å²) in [6.45, 7) is 5.46. The monoisotopic (exact) mass is 405 g/mol. The highest BCUT2D eigenvalue weighted by atomic mass is 32.2. The number of benzene rings is 1. The Morgan fingerprint density at radius 2 is 2.04 bits per heavy atom. The van der Waals surface area contributed by atoms with E-state index in [0.717, 1.165) is 23.1 Å². The van der Waals surface area contributed by atoms with Crippen molar-refractivity contribution in [1.82, 2.24) is 20.0 Å². The summed E-state index contributed by atoms with van der Waals surface area (Å²) in [7, 11) is 1.82. The smallest absolute Gasteiger partial charge is 0.277 e. The Bertz CT molecular complexity index is 970. The number of amides is 1. The number of carbonyl (C=O) groups is 1. The molecule has 8 nitrogen and oxygen atoms in total. The number of ether oxygens (including phenoxy) is 1. The largest absolute Gasteiger partial charge is 0.481 e. The molecule has 1 amide bonds. The van der Waals surface area contributed by atoms with Crippen molar-refractivity contribution in [1.29, 1.82) is 0 Å². The molecule has 3 rings (SSSR count). The number of hydrogen-bond donors (Lipinski definition) is 1. The van der Waals surface area contributed by atoms with Gasteiger partial charge in [-0.05, 0) is 45.0 Å². The summed E-state index contributed by atoms with van der Waals surface area (Å²) in [6.07, 6.45) is -0.512. The van der Waals surface area contributed by atoms with E-state index in [-0.39, 0.29) is 28.6 Å². The highest BCUT2D eigenvalue weighted by Crippen LogP contribution is 2.25. The summed E-state index contributed by atoms with van der Waals surface area (Å²) >= 11 is 1.13. The Balaban J connectivity index is 1.54. The third-order valence-corrected chi connectivity index (χ3v) is 4.81. The van der Waals surface area contributed by atoms with Crippen LogP contribution in [0.15, 0.2) is 33.9 Å². The summed E-state index contributed by atoms with van der Waals surface area (Å²) in [5, 5.41) is 15.2. The molecule has 0 unspecified atom stereocenters. The molecule has 3 aromatic rings. The van der Waals surface area contributed by atoms with E-state index in [4.69, 9.17) is 9.15 Å². The molecule has 0 radical (unpaired) electrons. The molecule has 28 heavy (non-hydrogen) atoms. The van der Waals surface area contributed by atoms with Crippen molar-refractivity contribution in [2.75, 3.05) is 11.1 Å². The van der Waals surface area contributed by atoms with Gasteiger partial charge in [-0.15, -0.1) is 10.2 Å². The molecule has 1 N–H and O–H groups in total. The first kappa shape index (κ1) is 19.9. The van der Waals surface area contributed by atoms with Gasteiger partial charge in [-0.2, -0.15) is 5.10 Å². The maximum absolute atomic E-state index is 12.9. The van der Waals surface area contributed by atoms with Crippen LogP contribution in [0.3, 0.4) is 0 Å². The Kier molecular flexibility index (Phi) is 5.98. The predicted octanol–water partition coefficient (Wildman–Crippen LogP) is 3.43. The second-order valence-corrected chi connectivity index (χ2v) is 7.05. The van der Waals surface area contributed by atoms with Crippen LogP contribution >= 0.6 is 11.8 Å². The zero-order chi connectivity index (χ0) is 20.3. The summed E-state index contributed by atoms with van der Waals surface area (Å²) in [5.74, 6) is 0.336. The number of aromatic nitrogens is 4. The fraction of sp³-hybridized carbons (Fsp3) is 0.333. The molecule has 0 saturated heterocycles. The normalized spacial score (nSPS) is 12.0. The zero-order valence-corrected chi connectivity index (χ0v) is 16.7. The van der Waals surface area contributed by atoms with E-state index < -0.39 is 6.10 Å². The van der Waals surface area contributed by atoms with E-state index in [1.807, 2.05) is 20.9 Å². The van der Waals surface area contributed by atoms with Crippen molar-refractivity contribution in [2.24, 2.45) is 7.05 Å². The van der Waals surface area contributed by atoms with Crippen molar-refractivity contribution in [3.05, 3.63) is 47.4 Å². The molecule has 0 fully saturated rings. The van der Waals surface area contributed by atoms with Crippen LogP contribution in [-0.4, -0.2) is 31.6 Å². The number of nitrogens with one attached hydrogen (secondary N) is 1. The number of nitrogens with zero attached hydrogens (tertiary/aromatic N) is 4. The minimum absolute atomic E-state index is 0.114. The van der Waals surface area contributed by atoms with Gasteiger partial charge in [0.25, 0.3) is 11.1 Å². The van der Waals surface area contributed by atoms with Crippen molar-refractivity contribution in [3.8, 4) is 5.75 Å². The van der Waals surface area contributed by atoms with Crippen LogP contribution in [-0.2, 0) is 11.8 Å². The van der Waals surface area contributed by atoms with Gasteiger partial charge in [0.2, 0.25) is 5.91 Å². The summed E-state index contributed by atoms with van der Waals surface area (Å²) < 4.78 is 25.8. The van der Waals surface area contributed by atoms with Crippen molar-refractivity contribution in [2.45, 2.75) is 32.1 Å². The molecule has 0 aliphatic rings. The fourth-order valence-corrected chi connectivity index (χ4v) is 3.04. The molecule has 0 aliphatic carbocycles. The van der Waals surface area contributed by atoms with Gasteiger partial charge in [0.05, 0.1) is 22.8 Å². The van der Waals surface area contributed by atoms with E-state index in [1.54, 1.807) is 11.6 Å². The van der Waals surface area contributed by atoms with Crippen LogP contribution in [0.4, 0.5) is 10.1 Å². The molecule has 2 heterocycles. The number of aryl methyl sites for hydroxylation is 2. The van der Waals surface area contributed by atoms with Gasteiger partial charge in [-0.25, -0.2) is 4.39 Å². The molecule has 0 aliphatic heterocycles. The van der Waals surface area contributed by atoms with Gasteiger partial charge in [0.1, 0.15) is 11.6 Å².